The second-order valence-electron chi connectivity index (χ2n) is 6.69. The largest absolute Gasteiger partial charge is 0.296 e. The molecule has 0 unspecified atom stereocenters. The predicted octanol–water partition coefficient (Wildman–Crippen LogP) is 4.07. The molecule has 1 saturated heterocycles. The first-order valence-electron chi connectivity index (χ1n) is 8.23. The molecule has 1 fully saturated rings. The van der Waals surface area contributed by atoms with Crippen molar-refractivity contribution in [3.8, 4) is 0 Å². The summed E-state index contributed by atoms with van der Waals surface area (Å²) >= 11 is 0. The highest BCUT2D eigenvalue weighted by atomic mass is 15.2. The van der Waals surface area contributed by atoms with Crippen molar-refractivity contribution in [2.24, 2.45) is 5.92 Å². The molecule has 0 spiro atoms. The normalized spacial score (nSPS) is 25.1. The Bertz CT molecular complexity index is 604. The molecule has 5 rings (SSSR count). The molecule has 2 aliphatic heterocycles. The highest BCUT2D eigenvalue weighted by Crippen LogP contribution is 2.32. The fraction of sp³-hybridized carbons (Fsp3) is 0.400. The van der Waals surface area contributed by atoms with E-state index in [2.05, 4.69) is 59.5 Å². The van der Waals surface area contributed by atoms with Gasteiger partial charge in [-0.1, -0.05) is 54.6 Å². The number of benzene rings is 2. The van der Waals surface area contributed by atoms with Gasteiger partial charge in [-0.3, -0.25) is 4.90 Å². The molecule has 3 aliphatic rings. The lowest BCUT2D eigenvalue weighted by Crippen LogP contribution is -2.46. The summed E-state index contributed by atoms with van der Waals surface area (Å²) < 4.78 is 0. The standard InChI is InChI=1S/C20H23N/c1-2-6-16(7-3-1)14-21-15-17-10-11-20(21)13-19-9-5-4-8-18(19)12-17/h1-9,17,20H,10-15H2/t17-,20-/m1/s1. The van der Waals surface area contributed by atoms with Crippen LogP contribution in [0.3, 0.4) is 0 Å². The van der Waals surface area contributed by atoms with Crippen LogP contribution in [-0.2, 0) is 19.4 Å². The van der Waals surface area contributed by atoms with Crippen molar-refractivity contribution >= 4 is 0 Å². The number of hydrogen-bond acceptors (Lipinski definition) is 1. The molecule has 0 N–H and O–H groups in total. The average molecular weight is 277 g/mol. The van der Waals surface area contributed by atoms with Crippen LogP contribution in [-0.4, -0.2) is 17.5 Å². The molecule has 108 valence electrons. The van der Waals surface area contributed by atoms with Gasteiger partial charge in [0.25, 0.3) is 0 Å². The number of rotatable bonds is 2. The van der Waals surface area contributed by atoms with E-state index in [1.807, 2.05) is 0 Å². The van der Waals surface area contributed by atoms with E-state index in [1.165, 1.54) is 37.8 Å². The lowest BCUT2D eigenvalue weighted by molar-refractivity contribution is 0.0938. The van der Waals surface area contributed by atoms with Crippen molar-refractivity contribution in [3.05, 3.63) is 71.3 Å². The van der Waals surface area contributed by atoms with Gasteiger partial charge in [0.2, 0.25) is 0 Å². The molecule has 0 radical (unpaired) electrons. The summed E-state index contributed by atoms with van der Waals surface area (Å²) in [4.78, 5) is 2.74. The van der Waals surface area contributed by atoms with Crippen LogP contribution in [0, 0.1) is 5.92 Å². The molecule has 21 heavy (non-hydrogen) atoms. The molecule has 1 aliphatic carbocycles. The molecule has 2 heterocycles. The zero-order valence-corrected chi connectivity index (χ0v) is 12.5. The molecule has 0 saturated carbocycles. The second-order valence-corrected chi connectivity index (χ2v) is 6.69. The Labute approximate surface area is 127 Å². The van der Waals surface area contributed by atoms with E-state index in [1.54, 1.807) is 11.1 Å². The van der Waals surface area contributed by atoms with Crippen molar-refractivity contribution < 1.29 is 0 Å². The van der Waals surface area contributed by atoms with Crippen molar-refractivity contribution in [3.63, 3.8) is 0 Å². The molecule has 0 amide bonds. The van der Waals surface area contributed by atoms with Crippen molar-refractivity contribution in [1.82, 2.24) is 4.90 Å². The monoisotopic (exact) mass is 277 g/mol. The van der Waals surface area contributed by atoms with Crippen LogP contribution in [0.4, 0.5) is 0 Å². The van der Waals surface area contributed by atoms with E-state index in [4.69, 9.17) is 0 Å². The van der Waals surface area contributed by atoms with Gasteiger partial charge in [0.15, 0.2) is 0 Å². The van der Waals surface area contributed by atoms with E-state index in [0.717, 1.165) is 18.5 Å². The zero-order chi connectivity index (χ0) is 14.1. The minimum atomic E-state index is 0.725. The van der Waals surface area contributed by atoms with Gasteiger partial charge in [-0.05, 0) is 48.3 Å². The van der Waals surface area contributed by atoms with Crippen molar-refractivity contribution in [2.75, 3.05) is 6.54 Å². The van der Waals surface area contributed by atoms with Gasteiger partial charge in [-0.25, -0.2) is 0 Å². The molecule has 0 aromatic heterocycles. The van der Waals surface area contributed by atoms with Crippen LogP contribution in [0.25, 0.3) is 0 Å². The van der Waals surface area contributed by atoms with E-state index in [9.17, 15) is 0 Å². The van der Waals surface area contributed by atoms with Gasteiger partial charge in [0, 0.05) is 19.1 Å². The van der Waals surface area contributed by atoms with E-state index >= 15 is 0 Å². The first-order valence-corrected chi connectivity index (χ1v) is 8.23. The number of piperidine rings is 1. The number of hydrogen-bond donors (Lipinski definition) is 0. The van der Waals surface area contributed by atoms with Crippen LogP contribution in [0.5, 0.6) is 0 Å². The van der Waals surface area contributed by atoms with Gasteiger partial charge in [0.1, 0.15) is 0 Å². The second kappa shape index (κ2) is 5.65. The Morgan fingerprint density at radius 3 is 2.33 bits per heavy atom. The van der Waals surface area contributed by atoms with Crippen LogP contribution in [0.15, 0.2) is 54.6 Å². The molecule has 1 heteroatoms. The summed E-state index contributed by atoms with van der Waals surface area (Å²) in [5, 5.41) is 0. The summed E-state index contributed by atoms with van der Waals surface area (Å²) in [7, 11) is 0. The van der Waals surface area contributed by atoms with Gasteiger partial charge in [-0.15, -0.1) is 0 Å². The molecule has 1 nitrogen and oxygen atoms in total. The summed E-state index contributed by atoms with van der Waals surface area (Å²) in [5.41, 5.74) is 4.65. The average Bonchev–Trinajstić information content (AvgIpc) is 2.49. The Morgan fingerprint density at radius 2 is 1.52 bits per heavy atom. The first-order chi connectivity index (χ1) is 10.4. The SMILES string of the molecule is c1ccc(CN2C[C@@H]3CC[C@@H]2Cc2ccccc2C3)cc1. The minimum Gasteiger partial charge on any atom is -0.296 e. The van der Waals surface area contributed by atoms with Gasteiger partial charge < -0.3 is 0 Å². The van der Waals surface area contributed by atoms with Gasteiger partial charge in [0.05, 0.1) is 0 Å². The Kier molecular flexibility index (Phi) is 3.52. The Balaban J connectivity index is 1.59. The summed E-state index contributed by atoms with van der Waals surface area (Å²) in [5.74, 6) is 0.839. The number of fused-ring (bicyclic) bond motifs is 2. The summed E-state index contributed by atoms with van der Waals surface area (Å²) in [6, 6.07) is 20.8. The van der Waals surface area contributed by atoms with Crippen LogP contribution < -0.4 is 0 Å². The molecule has 2 aromatic rings. The molecular formula is C20H23N. The van der Waals surface area contributed by atoms with E-state index < -0.39 is 0 Å². The molecule has 2 atom stereocenters. The highest BCUT2D eigenvalue weighted by molar-refractivity contribution is 5.30. The van der Waals surface area contributed by atoms with E-state index in [-0.39, 0.29) is 0 Å². The maximum Gasteiger partial charge on any atom is 0.0236 e. The summed E-state index contributed by atoms with van der Waals surface area (Å²) in [6.45, 7) is 2.39. The third kappa shape index (κ3) is 2.75. The fourth-order valence-electron chi connectivity index (χ4n) is 4.11. The Morgan fingerprint density at radius 1 is 0.810 bits per heavy atom. The molecule has 2 bridgehead atoms. The fourth-order valence-corrected chi connectivity index (χ4v) is 4.11. The third-order valence-corrected chi connectivity index (χ3v) is 5.23. The van der Waals surface area contributed by atoms with Crippen molar-refractivity contribution in [1.29, 1.82) is 0 Å². The van der Waals surface area contributed by atoms with Crippen LogP contribution in [0.1, 0.15) is 29.5 Å². The lowest BCUT2D eigenvalue weighted by Gasteiger charge is -2.42. The first kappa shape index (κ1) is 13.1. The van der Waals surface area contributed by atoms with Gasteiger partial charge in [-0.2, -0.15) is 0 Å². The smallest absolute Gasteiger partial charge is 0.0236 e. The minimum absolute atomic E-state index is 0.725. The molecule has 2 aromatic carbocycles. The quantitative estimate of drug-likeness (QED) is 0.800. The lowest BCUT2D eigenvalue weighted by atomic mass is 9.80. The zero-order valence-electron chi connectivity index (χ0n) is 12.5. The van der Waals surface area contributed by atoms with Crippen LogP contribution >= 0.6 is 0 Å². The summed E-state index contributed by atoms with van der Waals surface area (Å²) in [6.07, 6.45) is 5.28. The predicted molar refractivity (Wildman–Crippen MR) is 87.2 cm³/mol. The van der Waals surface area contributed by atoms with E-state index in [0.29, 0.717) is 0 Å². The maximum absolute atomic E-state index is 2.74. The van der Waals surface area contributed by atoms with Crippen molar-refractivity contribution in [2.45, 2.75) is 38.3 Å². The molecular weight excluding hydrogens is 254 g/mol. The third-order valence-electron chi connectivity index (χ3n) is 5.23. The Hall–Kier alpha value is -1.60. The number of nitrogens with zero attached hydrogens (tertiary/aromatic N) is 1. The van der Waals surface area contributed by atoms with Crippen LogP contribution in [0.2, 0.25) is 0 Å². The van der Waals surface area contributed by atoms with Gasteiger partial charge >= 0.3 is 0 Å². The highest BCUT2D eigenvalue weighted by Gasteiger charge is 2.31. The topological polar surface area (TPSA) is 3.24 Å². The maximum atomic E-state index is 2.74.